The van der Waals surface area contributed by atoms with E-state index in [1.54, 1.807) is 12.3 Å². The third kappa shape index (κ3) is 2.46. The van der Waals surface area contributed by atoms with Crippen LogP contribution in [-0.2, 0) is 4.74 Å². The summed E-state index contributed by atoms with van der Waals surface area (Å²) < 4.78 is 5.24. The van der Waals surface area contributed by atoms with Crippen LogP contribution in [0.2, 0.25) is 0 Å². The SMILES string of the molecule is C[C@H]1CN(C2COC2)CCN1c1ccc([N+](=O)[O-])nc1. The van der Waals surface area contributed by atoms with E-state index in [9.17, 15) is 10.1 Å². The molecule has 0 amide bonds. The van der Waals surface area contributed by atoms with Gasteiger partial charge >= 0.3 is 5.82 Å². The molecule has 1 atom stereocenters. The van der Waals surface area contributed by atoms with Gasteiger partial charge in [-0.3, -0.25) is 4.90 Å². The number of hydrogen-bond acceptors (Lipinski definition) is 6. The molecule has 1 aromatic rings. The monoisotopic (exact) mass is 278 g/mol. The first-order valence-corrected chi connectivity index (χ1v) is 6.84. The number of anilines is 1. The number of piperazine rings is 1. The molecule has 0 saturated carbocycles. The lowest BCUT2D eigenvalue weighted by atomic mass is 10.1. The average Bonchev–Trinajstić information content (AvgIpc) is 2.37. The van der Waals surface area contributed by atoms with E-state index in [0.717, 1.165) is 38.5 Å². The standard InChI is InChI=1S/C13H18N4O3/c1-10-7-15(12-8-20-9-12)4-5-16(10)11-2-3-13(14-6-11)17(18)19/h2-3,6,10,12H,4-5,7-9H2,1H3/t10-/m0/s1. The van der Waals surface area contributed by atoms with Crippen LogP contribution in [0.3, 0.4) is 0 Å². The van der Waals surface area contributed by atoms with E-state index >= 15 is 0 Å². The molecule has 0 aliphatic carbocycles. The van der Waals surface area contributed by atoms with Gasteiger partial charge in [-0.25, -0.2) is 0 Å². The van der Waals surface area contributed by atoms with E-state index in [2.05, 4.69) is 21.7 Å². The fourth-order valence-corrected chi connectivity index (χ4v) is 2.79. The summed E-state index contributed by atoms with van der Waals surface area (Å²) in [5.74, 6) is -0.105. The van der Waals surface area contributed by atoms with Crippen LogP contribution >= 0.6 is 0 Å². The first kappa shape index (κ1) is 13.3. The van der Waals surface area contributed by atoms with Gasteiger partial charge < -0.3 is 19.8 Å². The van der Waals surface area contributed by atoms with Crippen LogP contribution in [0.25, 0.3) is 0 Å². The molecule has 2 aliphatic rings. The Bertz CT molecular complexity index is 489. The Kier molecular flexibility index (Phi) is 3.54. The van der Waals surface area contributed by atoms with Gasteiger partial charge in [-0.05, 0) is 22.9 Å². The fraction of sp³-hybridized carbons (Fsp3) is 0.615. The van der Waals surface area contributed by atoms with Gasteiger partial charge in [-0.1, -0.05) is 0 Å². The van der Waals surface area contributed by atoms with Crippen LogP contribution in [0.15, 0.2) is 18.3 Å². The Balaban J connectivity index is 1.66. The maximum atomic E-state index is 10.6. The molecule has 108 valence electrons. The molecule has 7 heteroatoms. The number of nitro groups is 1. The lowest BCUT2D eigenvalue weighted by Gasteiger charge is -2.46. The van der Waals surface area contributed by atoms with Gasteiger partial charge in [0.2, 0.25) is 0 Å². The minimum Gasteiger partial charge on any atom is -0.378 e. The Morgan fingerprint density at radius 3 is 2.70 bits per heavy atom. The second-order valence-electron chi connectivity index (χ2n) is 5.36. The van der Waals surface area contributed by atoms with Crippen LogP contribution in [0.5, 0.6) is 0 Å². The summed E-state index contributed by atoms with van der Waals surface area (Å²) in [5, 5.41) is 10.6. The first-order valence-electron chi connectivity index (χ1n) is 6.84. The van der Waals surface area contributed by atoms with Crippen molar-refractivity contribution in [3.63, 3.8) is 0 Å². The maximum Gasteiger partial charge on any atom is 0.363 e. The zero-order valence-electron chi connectivity index (χ0n) is 11.4. The predicted octanol–water partition coefficient (Wildman–Crippen LogP) is 0.899. The van der Waals surface area contributed by atoms with Gasteiger partial charge in [-0.2, -0.15) is 0 Å². The second-order valence-corrected chi connectivity index (χ2v) is 5.36. The van der Waals surface area contributed by atoms with Crippen molar-refractivity contribution in [3.05, 3.63) is 28.4 Å². The minimum absolute atomic E-state index is 0.105. The smallest absolute Gasteiger partial charge is 0.363 e. The molecule has 0 N–H and O–H groups in total. The highest BCUT2D eigenvalue weighted by Crippen LogP contribution is 2.23. The zero-order valence-corrected chi connectivity index (χ0v) is 11.4. The van der Waals surface area contributed by atoms with E-state index in [-0.39, 0.29) is 5.82 Å². The van der Waals surface area contributed by atoms with Gasteiger partial charge in [-0.15, -0.1) is 0 Å². The molecule has 0 bridgehead atoms. The van der Waals surface area contributed by atoms with Crippen LogP contribution in [-0.4, -0.2) is 59.7 Å². The summed E-state index contributed by atoms with van der Waals surface area (Å²) in [6.07, 6.45) is 1.59. The van der Waals surface area contributed by atoms with E-state index in [1.807, 2.05) is 0 Å². The van der Waals surface area contributed by atoms with Gasteiger partial charge in [0, 0.05) is 31.7 Å². The summed E-state index contributed by atoms with van der Waals surface area (Å²) in [6, 6.07) is 4.18. The minimum atomic E-state index is -0.470. The molecule has 0 spiro atoms. The lowest BCUT2D eigenvalue weighted by Crippen LogP contribution is -2.59. The second kappa shape index (κ2) is 5.34. The van der Waals surface area contributed by atoms with Gasteiger partial charge in [0.05, 0.1) is 24.9 Å². The van der Waals surface area contributed by atoms with Crippen molar-refractivity contribution in [1.82, 2.24) is 9.88 Å². The topological polar surface area (TPSA) is 71.7 Å². The molecule has 20 heavy (non-hydrogen) atoms. The van der Waals surface area contributed by atoms with E-state index in [1.165, 1.54) is 6.07 Å². The number of ether oxygens (including phenoxy) is 1. The highest BCUT2D eigenvalue weighted by Gasteiger charge is 2.32. The quantitative estimate of drug-likeness (QED) is 0.604. The van der Waals surface area contributed by atoms with Crippen molar-refractivity contribution in [2.45, 2.75) is 19.0 Å². The molecule has 0 radical (unpaired) electrons. The van der Waals surface area contributed by atoms with Gasteiger partial charge in [0.15, 0.2) is 6.20 Å². The number of rotatable bonds is 3. The lowest BCUT2D eigenvalue weighted by molar-refractivity contribution is -0.389. The van der Waals surface area contributed by atoms with Crippen molar-refractivity contribution in [2.24, 2.45) is 0 Å². The van der Waals surface area contributed by atoms with Crippen molar-refractivity contribution >= 4 is 11.5 Å². The molecule has 7 nitrogen and oxygen atoms in total. The fourth-order valence-electron chi connectivity index (χ4n) is 2.79. The van der Waals surface area contributed by atoms with E-state index in [4.69, 9.17) is 4.74 Å². The molecular weight excluding hydrogens is 260 g/mol. The van der Waals surface area contributed by atoms with Crippen molar-refractivity contribution in [1.29, 1.82) is 0 Å². The van der Waals surface area contributed by atoms with Crippen molar-refractivity contribution in [3.8, 4) is 0 Å². The van der Waals surface area contributed by atoms with E-state index < -0.39 is 4.92 Å². The molecule has 3 rings (SSSR count). The molecule has 2 fully saturated rings. The number of nitrogens with zero attached hydrogens (tertiary/aromatic N) is 4. The number of pyridine rings is 1. The predicted molar refractivity (Wildman–Crippen MR) is 73.9 cm³/mol. The molecule has 2 saturated heterocycles. The third-order valence-corrected chi connectivity index (χ3v) is 4.05. The summed E-state index contributed by atoms with van der Waals surface area (Å²) in [6.45, 7) is 6.75. The highest BCUT2D eigenvalue weighted by atomic mass is 16.6. The van der Waals surface area contributed by atoms with Crippen molar-refractivity contribution in [2.75, 3.05) is 37.7 Å². The molecule has 0 aromatic carbocycles. The number of hydrogen-bond donors (Lipinski definition) is 0. The summed E-state index contributed by atoms with van der Waals surface area (Å²) >= 11 is 0. The molecular formula is C13H18N4O3. The molecule has 3 heterocycles. The third-order valence-electron chi connectivity index (χ3n) is 4.05. The average molecular weight is 278 g/mol. The van der Waals surface area contributed by atoms with Gasteiger partial charge in [0.1, 0.15) is 0 Å². The normalized spacial score (nSPS) is 24.4. The van der Waals surface area contributed by atoms with E-state index in [0.29, 0.717) is 12.1 Å². The summed E-state index contributed by atoms with van der Waals surface area (Å²) in [4.78, 5) is 18.8. The summed E-state index contributed by atoms with van der Waals surface area (Å²) in [7, 11) is 0. The van der Waals surface area contributed by atoms with Crippen LogP contribution in [0.4, 0.5) is 11.5 Å². The zero-order chi connectivity index (χ0) is 14.1. The molecule has 2 aliphatic heterocycles. The van der Waals surface area contributed by atoms with Crippen LogP contribution in [0.1, 0.15) is 6.92 Å². The van der Waals surface area contributed by atoms with Gasteiger partial charge in [0.25, 0.3) is 0 Å². The highest BCUT2D eigenvalue weighted by molar-refractivity contribution is 5.48. The Labute approximate surface area is 117 Å². The molecule has 1 aromatic heterocycles. The Hall–Kier alpha value is -1.73. The molecule has 0 unspecified atom stereocenters. The Morgan fingerprint density at radius 2 is 2.20 bits per heavy atom. The summed E-state index contributed by atoms with van der Waals surface area (Å²) in [5.41, 5.74) is 0.951. The van der Waals surface area contributed by atoms with Crippen LogP contribution in [0, 0.1) is 10.1 Å². The Morgan fingerprint density at radius 1 is 1.40 bits per heavy atom. The first-order chi connectivity index (χ1) is 9.65. The largest absolute Gasteiger partial charge is 0.378 e. The van der Waals surface area contributed by atoms with Crippen LogP contribution < -0.4 is 4.90 Å². The number of aromatic nitrogens is 1. The van der Waals surface area contributed by atoms with Crippen molar-refractivity contribution < 1.29 is 9.66 Å². The maximum absolute atomic E-state index is 10.6.